The molecule has 4 nitrogen and oxygen atoms in total. The van der Waals surface area contributed by atoms with Gasteiger partial charge in [0.1, 0.15) is 0 Å². The van der Waals surface area contributed by atoms with Crippen molar-refractivity contribution in [3.8, 4) is 0 Å². The van der Waals surface area contributed by atoms with Crippen LogP contribution in [0.4, 0.5) is 0 Å². The Balaban J connectivity index is 1.89. The molecular weight excluding hydrogens is 308 g/mol. The van der Waals surface area contributed by atoms with Gasteiger partial charge in [-0.05, 0) is 48.0 Å². The zero-order valence-electron chi connectivity index (χ0n) is 11.8. The van der Waals surface area contributed by atoms with E-state index in [9.17, 15) is 0 Å². The summed E-state index contributed by atoms with van der Waals surface area (Å²) < 4.78 is 14.4. The van der Waals surface area contributed by atoms with Crippen LogP contribution >= 0.6 is 15.9 Å². The lowest BCUT2D eigenvalue weighted by atomic mass is 10.0. The predicted octanol–water partition coefficient (Wildman–Crippen LogP) is 3.17. The number of rotatable bonds is 6. The normalized spacial score (nSPS) is 17.0. The van der Waals surface area contributed by atoms with Crippen molar-refractivity contribution in [2.75, 3.05) is 19.8 Å². The molecule has 0 atom stereocenters. The highest BCUT2D eigenvalue weighted by Crippen LogP contribution is 2.23. The zero-order valence-corrected chi connectivity index (χ0v) is 13.4. The van der Waals surface area contributed by atoms with Gasteiger partial charge >= 0.3 is 0 Å². The standard InChI is InChI=1S/C14H23BrN2O2/c1-3-12-14(15)13(17(4-2)16-12)10-19-9-11-5-7-18-8-6-11/h11H,3-10H2,1-2H3. The second-order valence-corrected chi connectivity index (χ2v) is 5.74. The average molecular weight is 331 g/mol. The average Bonchev–Trinajstić information content (AvgIpc) is 2.76. The Kier molecular flexibility index (Phi) is 5.85. The number of nitrogens with zero attached hydrogens (tertiary/aromatic N) is 2. The molecular formula is C14H23BrN2O2. The van der Waals surface area contributed by atoms with E-state index in [-0.39, 0.29) is 0 Å². The zero-order chi connectivity index (χ0) is 13.7. The lowest BCUT2D eigenvalue weighted by Gasteiger charge is -2.21. The molecule has 0 saturated carbocycles. The molecule has 1 fully saturated rings. The van der Waals surface area contributed by atoms with Gasteiger partial charge in [0.15, 0.2) is 0 Å². The monoisotopic (exact) mass is 330 g/mol. The van der Waals surface area contributed by atoms with Crippen molar-refractivity contribution in [1.82, 2.24) is 9.78 Å². The molecule has 1 aliphatic heterocycles. The van der Waals surface area contributed by atoms with Crippen LogP contribution < -0.4 is 0 Å². The third-order valence-corrected chi connectivity index (χ3v) is 4.54. The van der Waals surface area contributed by atoms with Crippen molar-refractivity contribution in [2.45, 2.75) is 46.3 Å². The van der Waals surface area contributed by atoms with Crippen molar-refractivity contribution in [3.05, 3.63) is 15.9 Å². The number of ether oxygens (including phenoxy) is 2. The van der Waals surface area contributed by atoms with Crippen LogP contribution in [0.3, 0.4) is 0 Å². The summed E-state index contributed by atoms with van der Waals surface area (Å²) in [5, 5.41) is 4.58. The van der Waals surface area contributed by atoms with E-state index < -0.39 is 0 Å². The molecule has 0 unspecified atom stereocenters. The molecule has 108 valence electrons. The molecule has 1 aromatic rings. The molecule has 2 rings (SSSR count). The first-order chi connectivity index (χ1) is 9.26. The minimum Gasteiger partial charge on any atom is -0.381 e. The van der Waals surface area contributed by atoms with Crippen LogP contribution in [-0.2, 0) is 29.0 Å². The largest absolute Gasteiger partial charge is 0.381 e. The summed E-state index contributed by atoms with van der Waals surface area (Å²) in [5.41, 5.74) is 2.28. The van der Waals surface area contributed by atoms with E-state index in [1.165, 1.54) is 0 Å². The van der Waals surface area contributed by atoms with Crippen molar-refractivity contribution in [3.63, 3.8) is 0 Å². The molecule has 2 heterocycles. The minimum absolute atomic E-state index is 0.638. The van der Waals surface area contributed by atoms with Crippen LogP contribution in [0, 0.1) is 5.92 Å². The first-order valence-corrected chi connectivity index (χ1v) is 7.95. The summed E-state index contributed by atoms with van der Waals surface area (Å²) in [4.78, 5) is 0. The van der Waals surface area contributed by atoms with E-state index in [0.717, 1.165) is 61.5 Å². The summed E-state index contributed by atoms with van der Waals surface area (Å²) in [5.74, 6) is 0.649. The van der Waals surface area contributed by atoms with E-state index >= 15 is 0 Å². The van der Waals surface area contributed by atoms with Gasteiger partial charge in [0.2, 0.25) is 0 Å². The molecule has 0 amide bonds. The maximum atomic E-state index is 5.89. The van der Waals surface area contributed by atoms with Crippen LogP contribution in [0.1, 0.15) is 38.1 Å². The van der Waals surface area contributed by atoms with Gasteiger partial charge in [-0.15, -0.1) is 0 Å². The van der Waals surface area contributed by atoms with E-state index in [0.29, 0.717) is 12.5 Å². The maximum Gasteiger partial charge on any atom is 0.0896 e. The smallest absolute Gasteiger partial charge is 0.0896 e. The van der Waals surface area contributed by atoms with Crippen LogP contribution in [0.2, 0.25) is 0 Å². The highest BCUT2D eigenvalue weighted by atomic mass is 79.9. The van der Waals surface area contributed by atoms with Crippen molar-refractivity contribution in [2.24, 2.45) is 5.92 Å². The Hall–Kier alpha value is -0.390. The molecule has 1 aromatic heterocycles. The quantitative estimate of drug-likeness (QED) is 0.803. The number of hydrogen-bond acceptors (Lipinski definition) is 3. The Morgan fingerprint density at radius 1 is 1.37 bits per heavy atom. The fourth-order valence-corrected chi connectivity index (χ4v) is 3.07. The van der Waals surface area contributed by atoms with Gasteiger partial charge in [-0.25, -0.2) is 0 Å². The molecule has 19 heavy (non-hydrogen) atoms. The lowest BCUT2D eigenvalue weighted by Crippen LogP contribution is -2.20. The number of aryl methyl sites for hydroxylation is 2. The van der Waals surface area contributed by atoms with Gasteiger partial charge in [0.25, 0.3) is 0 Å². The molecule has 0 aliphatic carbocycles. The summed E-state index contributed by atoms with van der Waals surface area (Å²) in [6.45, 7) is 8.34. The molecule has 0 N–H and O–H groups in total. The van der Waals surface area contributed by atoms with Gasteiger partial charge in [-0.2, -0.15) is 5.10 Å². The first-order valence-electron chi connectivity index (χ1n) is 7.15. The summed E-state index contributed by atoms with van der Waals surface area (Å²) in [6.07, 6.45) is 3.18. The second kappa shape index (κ2) is 7.41. The van der Waals surface area contributed by atoms with Crippen LogP contribution in [0.25, 0.3) is 0 Å². The molecule has 5 heteroatoms. The highest BCUT2D eigenvalue weighted by molar-refractivity contribution is 9.10. The lowest BCUT2D eigenvalue weighted by molar-refractivity contribution is 0.0141. The predicted molar refractivity (Wildman–Crippen MR) is 78.2 cm³/mol. The van der Waals surface area contributed by atoms with Crippen LogP contribution in [0.15, 0.2) is 4.47 Å². The SMILES string of the molecule is CCc1nn(CC)c(COCC2CCOCC2)c1Br. The van der Waals surface area contributed by atoms with Crippen molar-refractivity contribution >= 4 is 15.9 Å². The number of hydrogen-bond donors (Lipinski definition) is 0. The van der Waals surface area contributed by atoms with E-state index in [1.54, 1.807) is 0 Å². The molecule has 0 aromatic carbocycles. The summed E-state index contributed by atoms with van der Waals surface area (Å²) in [7, 11) is 0. The van der Waals surface area contributed by atoms with E-state index in [2.05, 4.69) is 34.9 Å². The van der Waals surface area contributed by atoms with E-state index in [1.807, 2.05) is 4.68 Å². The number of aromatic nitrogens is 2. The minimum atomic E-state index is 0.638. The van der Waals surface area contributed by atoms with Gasteiger partial charge < -0.3 is 9.47 Å². The highest BCUT2D eigenvalue weighted by Gasteiger charge is 2.16. The van der Waals surface area contributed by atoms with Gasteiger partial charge in [-0.3, -0.25) is 4.68 Å². The third kappa shape index (κ3) is 3.80. The maximum absolute atomic E-state index is 5.89. The molecule has 1 aliphatic rings. The van der Waals surface area contributed by atoms with Crippen molar-refractivity contribution < 1.29 is 9.47 Å². The van der Waals surface area contributed by atoms with Gasteiger partial charge in [0.05, 0.1) is 29.1 Å². The Labute approximate surface area is 123 Å². The van der Waals surface area contributed by atoms with Crippen molar-refractivity contribution in [1.29, 1.82) is 0 Å². The molecule has 0 radical (unpaired) electrons. The fraction of sp³-hybridized carbons (Fsp3) is 0.786. The first kappa shape index (κ1) is 15.0. The van der Waals surface area contributed by atoms with Crippen LogP contribution in [0.5, 0.6) is 0 Å². The Morgan fingerprint density at radius 3 is 2.74 bits per heavy atom. The third-order valence-electron chi connectivity index (χ3n) is 3.63. The molecule has 0 bridgehead atoms. The van der Waals surface area contributed by atoms with E-state index in [4.69, 9.17) is 9.47 Å². The summed E-state index contributed by atoms with van der Waals surface area (Å²) in [6, 6.07) is 0. The molecule has 1 saturated heterocycles. The Bertz CT molecular complexity index is 400. The second-order valence-electron chi connectivity index (χ2n) is 4.95. The Morgan fingerprint density at radius 2 is 2.11 bits per heavy atom. The number of halogens is 1. The fourth-order valence-electron chi connectivity index (χ4n) is 2.39. The topological polar surface area (TPSA) is 36.3 Å². The molecule has 0 spiro atoms. The summed E-state index contributed by atoms with van der Waals surface area (Å²) >= 11 is 3.65. The van der Waals surface area contributed by atoms with Gasteiger partial charge in [-0.1, -0.05) is 6.92 Å². The van der Waals surface area contributed by atoms with Gasteiger partial charge in [0, 0.05) is 19.8 Å². The van der Waals surface area contributed by atoms with Crippen LogP contribution in [-0.4, -0.2) is 29.6 Å².